The largest absolute Gasteiger partial charge is 0.334 e. The molecule has 3 atom stereocenters. The summed E-state index contributed by atoms with van der Waals surface area (Å²) in [7, 11) is 1.77. The number of hydrazine groups is 1. The minimum atomic E-state index is -0.527. The number of carbonyl (C=O) groups excluding carboxylic acids is 3. The first kappa shape index (κ1) is 23.5. The first-order chi connectivity index (χ1) is 15.9. The Hall–Kier alpha value is -2.61. The van der Waals surface area contributed by atoms with Crippen molar-refractivity contribution >= 4 is 17.8 Å². The molecular weight excluding hydrogens is 418 g/mol. The van der Waals surface area contributed by atoms with E-state index < -0.39 is 12.2 Å². The van der Waals surface area contributed by atoms with E-state index in [1.165, 1.54) is 6.42 Å². The zero-order valence-electron chi connectivity index (χ0n) is 20.1. The molecule has 3 aliphatic rings. The fourth-order valence-electron chi connectivity index (χ4n) is 5.53. The maximum atomic E-state index is 13.7. The number of rotatable bonds is 5. The first-order valence-corrected chi connectivity index (χ1v) is 12.4. The zero-order valence-corrected chi connectivity index (χ0v) is 20.1. The molecule has 0 spiro atoms. The standard InChI is InChI=1S/C25H37N5O3/c1-4-18(2)23-24(32)28(20-13-9-6-10-14-20)16-21-29(23)22(31)17-27(3)30(21)25(33)26-15-19-11-7-5-8-12-19/h5,7-8,11-12,18,20-21,23H,4,6,9-10,13-17H2,1-3H3,(H,26,33)/t18?,21-,23-/m0/s1. The molecule has 4 rings (SSSR count). The quantitative estimate of drug-likeness (QED) is 0.741. The van der Waals surface area contributed by atoms with E-state index in [2.05, 4.69) is 12.2 Å². The van der Waals surface area contributed by atoms with Gasteiger partial charge in [0.25, 0.3) is 0 Å². The van der Waals surface area contributed by atoms with Gasteiger partial charge in [-0.1, -0.05) is 69.9 Å². The molecule has 4 amide bonds. The Bertz CT molecular complexity index is 857. The van der Waals surface area contributed by atoms with E-state index in [0.29, 0.717) is 13.1 Å². The van der Waals surface area contributed by atoms with Crippen LogP contribution >= 0.6 is 0 Å². The third-order valence-electron chi connectivity index (χ3n) is 7.51. The number of piperazine rings is 1. The fourth-order valence-corrected chi connectivity index (χ4v) is 5.53. The monoisotopic (exact) mass is 455 g/mol. The third kappa shape index (κ3) is 4.71. The van der Waals surface area contributed by atoms with Crippen LogP contribution in [0.1, 0.15) is 57.9 Å². The minimum Gasteiger partial charge on any atom is -0.334 e. The number of hydrogen-bond donors (Lipinski definition) is 1. The minimum absolute atomic E-state index is 0.0213. The molecule has 2 saturated heterocycles. The number of urea groups is 1. The summed E-state index contributed by atoms with van der Waals surface area (Å²) in [5, 5.41) is 6.37. The van der Waals surface area contributed by atoms with Crippen LogP contribution in [0.4, 0.5) is 4.79 Å². The number of carbonyl (C=O) groups is 3. The lowest BCUT2D eigenvalue weighted by atomic mass is 9.88. The summed E-state index contributed by atoms with van der Waals surface area (Å²) in [5.41, 5.74) is 1.01. The number of amides is 4. The van der Waals surface area contributed by atoms with E-state index in [0.717, 1.165) is 37.7 Å². The molecule has 33 heavy (non-hydrogen) atoms. The van der Waals surface area contributed by atoms with Crippen LogP contribution in [0.15, 0.2) is 30.3 Å². The molecule has 1 N–H and O–H groups in total. The van der Waals surface area contributed by atoms with E-state index in [9.17, 15) is 14.4 Å². The van der Waals surface area contributed by atoms with Gasteiger partial charge in [0, 0.05) is 19.6 Å². The highest BCUT2D eigenvalue weighted by Gasteiger charge is 2.52. The van der Waals surface area contributed by atoms with Crippen molar-refractivity contribution in [1.29, 1.82) is 0 Å². The highest BCUT2D eigenvalue weighted by atomic mass is 16.2. The van der Waals surface area contributed by atoms with Crippen LogP contribution in [-0.2, 0) is 16.1 Å². The summed E-state index contributed by atoms with van der Waals surface area (Å²) in [6.07, 6.45) is 5.74. The molecule has 3 fully saturated rings. The molecule has 0 aromatic heterocycles. The van der Waals surface area contributed by atoms with Gasteiger partial charge < -0.3 is 15.1 Å². The van der Waals surface area contributed by atoms with Crippen LogP contribution in [0.2, 0.25) is 0 Å². The predicted octanol–water partition coefficient (Wildman–Crippen LogP) is 2.80. The van der Waals surface area contributed by atoms with E-state index in [4.69, 9.17) is 0 Å². The van der Waals surface area contributed by atoms with E-state index in [-0.39, 0.29) is 36.3 Å². The Morgan fingerprint density at radius 2 is 1.82 bits per heavy atom. The number of hydrogen-bond acceptors (Lipinski definition) is 4. The predicted molar refractivity (Wildman–Crippen MR) is 126 cm³/mol. The van der Waals surface area contributed by atoms with Crippen molar-refractivity contribution < 1.29 is 14.4 Å². The lowest BCUT2D eigenvalue weighted by Crippen LogP contribution is -2.77. The van der Waals surface area contributed by atoms with Gasteiger partial charge in [-0.2, -0.15) is 0 Å². The smallest absolute Gasteiger partial charge is 0.334 e. The number of fused-ring (bicyclic) bond motifs is 1. The van der Waals surface area contributed by atoms with Crippen molar-refractivity contribution in [3.63, 3.8) is 0 Å². The lowest BCUT2D eigenvalue weighted by Gasteiger charge is -2.56. The molecule has 2 heterocycles. The van der Waals surface area contributed by atoms with E-state index >= 15 is 0 Å². The molecule has 8 nitrogen and oxygen atoms in total. The molecule has 180 valence electrons. The number of likely N-dealkylation sites (N-methyl/N-ethyl adjacent to an activating group) is 1. The van der Waals surface area contributed by atoms with Gasteiger partial charge in [-0.05, 0) is 24.3 Å². The van der Waals surface area contributed by atoms with E-state index in [1.54, 1.807) is 22.0 Å². The second-order valence-corrected chi connectivity index (χ2v) is 9.70. The van der Waals surface area contributed by atoms with Gasteiger partial charge in [-0.25, -0.2) is 14.8 Å². The number of nitrogens with one attached hydrogen (secondary N) is 1. The van der Waals surface area contributed by atoms with Gasteiger partial charge in [0.15, 0.2) is 0 Å². The van der Waals surface area contributed by atoms with Gasteiger partial charge >= 0.3 is 6.03 Å². The van der Waals surface area contributed by atoms with Crippen molar-refractivity contribution in [2.24, 2.45) is 5.92 Å². The van der Waals surface area contributed by atoms with Crippen LogP contribution < -0.4 is 5.32 Å². The zero-order chi connectivity index (χ0) is 23.5. The number of benzene rings is 1. The van der Waals surface area contributed by atoms with Crippen molar-refractivity contribution in [3.8, 4) is 0 Å². The maximum absolute atomic E-state index is 13.7. The lowest BCUT2D eigenvalue weighted by molar-refractivity contribution is -0.193. The summed E-state index contributed by atoms with van der Waals surface area (Å²) in [5.74, 6) is -0.0143. The Labute approximate surface area is 196 Å². The van der Waals surface area contributed by atoms with Gasteiger partial charge in [-0.15, -0.1) is 0 Å². The maximum Gasteiger partial charge on any atom is 0.334 e. The highest BCUT2D eigenvalue weighted by molar-refractivity contribution is 5.91. The first-order valence-electron chi connectivity index (χ1n) is 12.4. The third-order valence-corrected chi connectivity index (χ3v) is 7.51. The average Bonchev–Trinajstić information content (AvgIpc) is 2.83. The molecule has 1 aromatic carbocycles. The Kier molecular flexibility index (Phi) is 7.22. The van der Waals surface area contributed by atoms with Crippen LogP contribution in [-0.4, -0.2) is 76.0 Å². The second-order valence-electron chi connectivity index (χ2n) is 9.70. The Morgan fingerprint density at radius 1 is 1.12 bits per heavy atom. The summed E-state index contributed by atoms with van der Waals surface area (Å²) < 4.78 is 0. The second kappa shape index (κ2) is 10.1. The van der Waals surface area contributed by atoms with Crippen molar-refractivity contribution in [2.45, 2.75) is 77.2 Å². The van der Waals surface area contributed by atoms with Gasteiger partial charge in [0.2, 0.25) is 11.8 Å². The molecule has 2 aliphatic heterocycles. The molecule has 1 aromatic rings. The van der Waals surface area contributed by atoms with Gasteiger partial charge in [0.1, 0.15) is 12.2 Å². The summed E-state index contributed by atoms with van der Waals surface area (Å²) in [4.78, 5) is 44.0. The molecule has 1 aliphatic carbocycles. The van der Waals surface area contributed by atoms with Crippen LogP contribution in [0.25, 0.3) is 0 Å². The molecule has 1 unspecified atom stereocenters. The average molecular weight is 456 g/mol. The van der Waals surface area contributed by atoms with Crippen LogP contribution in [0.3, 0.4) is 0 Å². The normalized spacial score (nSPS) is 25.7. The van der Waals surface area contributed by atoms with Crippen molar-refractivity contribution in [2.75, 3.05) is 20.1 Å². The van der Waals surface area contributed by atoms with Gasteiger partial charge in [0.05, 0.1) is 13.1 Å². The summed E-state index contributed by atoms with van der Waals surface area (Å²) >= 11 is 0. The number of nitrogens with zero attached hydrogens (tertiary/aromatic N) is 4. The Balaban J connectivity index is 1.61. The fraction of sp³-hybridized carbons (Fsp3) is 0.640. The Morgan fingerprint density at radius 3 is 2.48 bits per heavy atom. The SMILES string of the molecule is CCC(C)[C@H]1C(=O)N(C2CCCCC2)C[C@H]2N1C(=O)CN(C)N2C(=O)NCc1ccccc1. The van der Waals surface area contributed by atoms with Crippen LogP contribution in [0.5, 0.6) is 0 Å². The highest BCUT2D eigenvalue weighted by Crippen LogP contribution is 2.34. The molecule has 0 radical (unpaired) electrons. The van der Waals surface area contributed by atoms with Crippen molar-refractivity contribution in [3.05, 3.63) is 35.9 Å². The molecule has 8 heteroatoms. The molecular formula is C25H37N5O3. The van der Waals surface area contributed by atoms with E-state index in [1.807, 2.05) is 42.2 Å². The van der Waals surface area contributed by atoms with Gasteiger partial charge in [-0.3, -0.25) is 9.59 Å². The summed E-state index contributed by atoms with van der Waals surface area (Å²) in [6, 6.07) is 9.20. The van der Waals surface area contributed by atoms with Crippen LogP contribution in [0, 0.1) is 5.92 Å². The molecule has 1 saturated carbocycles. The summed E-state index contributed by atoms with van der Waals surface area (Å²) in [6.45, 7) is 4.95. The van der Waals surface area contributed by atoms with Crippen molar-refractivity contribution in [1.82, 2.24) is 25.1 Å². The molecule has 0 bridgehead atoms. The topological polar surface area (TPSA) is 76.2 Å².